The minimum Gasteiger partial charge on any atom is -0.331 e. The van der Waals surface area contributed by atoms with Gasteiger partial charge in [0.05, 0.1) is 17.3 Å². The number of nitrogens with zero attached hydrogens (tertiary/aromatic N) is 3. The zero-order chi connectivity index (χ0) is 17.3. The predicted molar refractivity (Wildman–Crippen MR) is 92.0 cm³/mol. The van der Waals surface area contributed by atoms with Gasteiger partial charge in [-0.3, -0.25) is 14.7 Å². The third kappa shape index (κ3) is 3.00. The molecule has 0 unspecified atom stereocenters. The van der Waals surface area contributed by atoms with Gasteiger partial charge < -0.3 is 9.47 Å². The summed E-state index contributed by atoms with van der Waals surface area (Å²) in [5.41, 5.74) is 3.56. The van der Waals surface area contributed by atoms with Crippen LogP contribution in [0, 0.1) is 13.8 Å². The van der Waals surface area contributed by atoms with Gasteiger partial charge in [-0.25, -0.2) is 0 Å². The Morgan fingerprint density at radius 1 is 1.25 bits per heavy atom. The molecule has 0 spiro atoms. The minimum absolute atomic E-state index is 0.0162. The van der Waals surface area contributed by atoms with Gasteiger partial charge in [0.15, 0.2) is 0 Å². The number of aromatic amines is 1. The van der Waals surface area contributed by atoms with E-state index in [1.165, 1.54) is 10.6 Å². The summed E-state index contributed by atoms with van der Waals surface area (Å²) in [5, 5.41) is 7.34. The third-order valence-corrected chi connectivity index (χ3v) is 4.86. The topological polar surface area (TPSA) is 71.0 Å². The van der Waals surface area contributed by atoms with Crippen LogP contribution in [0.4, 0.5) is 0 Å². The number of aryl methyl sites for hydroxylation is 3. The molecule has 6 heteroatoms. The standard InChI is InChI=1S/C18H24N4O2/c1-12-17(13(2)20-19-12)15-7-5-4-6-10-22(15)18(24)14-8-9-16(23)21(3)11-14/h8-9,11,15H,4-7,10H2,1-3H3,(H,19,20)/t15-/m1/s1. The molecule has 3 rings (SSSR count). The van der Waals surface area contributed by atoms with Crippen LogP contribution >= 0.6 is 0 Å². The number of H-pyrrole nitrogens is 1. The second kappa shape index (κ2) is 6.63. The maximum atomic E-state index is 13.1. The summed E-state index contributed by atoms with van der Waals surface area (Å²) in [7, 11) is 1.67. The number of carbonyl (C=O) groups is 1. The fourth-order valence-corrected chi connectivity index (χ4v) is 3.59. The molecule has 1 aliphatic heterocycles. The lowest BCUT2D eigenvalue weighted by atomic mass is 9.98. The number of rotatable bonds is 2. The van der Waals surface area contributed by atoms with Crippen LogP contribution in [0.5, 0.6) is 0 Å². The van der Waals surface area contributed by atoms with E-state index in [4.69, 9.17) is 0 Å². The summed E-state index contributed by atoms with van der Waals surface area (Å²) in [6.07, 6.45) is 5.81. The first kappa shape index (κ1) is 16.5. The lowest BCUT2D eigenvalue weighted by Gasteiger charge is -2.30. The van der Waals surface area contributed by atoms with Crippen LogP contribution in [-0.2, 0) is 7.05 Å². The molecule has 6 nitrogen and oxygen atoms in total. The fraction of sp³-hybridized carbons (Fsp3) is 0.500. The van der Waals surface area contributed by atoms with E-state index in [0.29, 0.717) is 5.56 Å². The van der Waals surface area contributed by atoms with E-state index in [2.05, 4.69) is 10.2 Å². The summed E-state index contributed by atoms with van der Waals surface area (Å²) in [6.45, 7) is 4.73. The van der Waals surface area contributed by atoms with E-state index in [1.54, 1.807) is 19.3 Å². The molecule has 0 radical (unpaired) electrons. The first-order valence-corrected chi connectivity index (χ1v) is 8.48. The largest absolute Gasteiger partial charge is 0.331 e. The molecule has 0 saturated carbocycles. The number of hydrogen-bond acceptors (Lipinski definition) is 3. The highest BCUT2D eigenvalue weighted by atomic mass is 16.2. The Balaban J connectivity index is 1.99. The lowest BCUT2D eigenvalue weighted by molar-refractivity contribution is 0.0679. The van der Waals surface area contributed by atoms with Crippen LogP contribution < -0.4 is 5.56 Å². The van der Waals surface area contributed by atoms with Gasteiger partial charge >= 0.3 is 0 Å². The van der Waals surface area contributed by atoms with Crippen molar-refractivity contribution in [1.82, 2.24) is 19.7 Å². The molecule has 24 heavy (non-hydrogen) atoms. The molecular formula is C18H24N4O2. The summed E-state index contributed by atoms with van der Waals surface area (Å²) < 4.78 is 1.45. The van der Waals surface area contributed by atoms with Crippen LogP contribution in [0.2, 0.25) is 0 Å². The molecule has 0 aliphatic carbocycles. The van der Waals surface area contributed by atoms with E-state index in [-0.39, 0.29) is 17.5 Å². The average Bonchev–Trinajstić information content (AvgIpc) is 2.77. The van der Waals surface area contributed by atoms with E-state index < -0.39 is 0 Å². The SMILES string of the molecule is Cc1n[nH]c(C)c1[C@H]1CCCCCN1C(=O)c1ccc(=O)n(C)c1. The minimum atomic E-state index is -0.111. The molecule has 1 atom stereocenters. The van der Waals surface area contributed by atoms with Gasteiger partial charge in [-0.1, -0.05) is 12.8 Å². The highest BCUT2D eigenvalue weighted by Crippen LogP contribution is 2.34. The highest BCUT2D eigenvalue weighted by Gasteiger charge is 2.30. The van der Waals surface area contributed by atoms with Crippen molar-refractivity contribution in [2.24, 2.45) is 7.05 Å². The Kier molecular flexibility index (Phi) is 4.55. The molecule has 0 aromatic carbocycles. The number of likely N-dealkylation sites (tertiary alicyclic amines) is 1. The fourth-order valence-electron chi connectivity index (χ4n) is 3.59. The molecule has 1 fully saturated rings. The monoisotopic (exact) mass is 328 g/mol. The van der Waals surface area contributed by atoms with Crippen molar-refractivity contribution in [3.63, 3.8) is 0 Å². The van der Waals surface area contributed by atoms with Gasteiger partial charge in [0.1, 0.15) is 0 Å². The maximum absolute atomic E-state index is 13.1. The number of nitrogens with one attached hydrogen (secondary N) is 1. The second-order valence-corrected chi connectivity index (χ2v) is 6.58. The number of pyridine rings is 1. The first-order chi connectivity index (χ1) is 11.5. The summed E-state index contributed by atoms with van der Waals surface area (Å²) in [6, 6.07) is 3.12. The molecule has 1 amide bonds. The zero-order valence-corrected chi connectivity index (χ0v) is 14.5. The van der Waals surface area contributed by atoms with E-state index in [0.717, 1.165) is 49.2 Å². The number of aromatic nitrogens is 3. The van der Waals surface area contributed by atoms with Crippen molar-refractivity contribution < 1.29 is 4.79 Å². The molecule has 128 valence electrons. The molecular weight excluding hydrogens is 304 g/mol. The van der Waals surface area contributed by atoms with Crippen molar-refractivity contribution >= 4 is 5.91 Å². The lowest BCUT2D eigenvalue weighted by Crippen LogP contribution is -2.36. The number of carbonyl (C=O) groups excluding carboxylic acids is 1. The van der Waals surface area contributed by atoms with Crippen LogP contribution in [-0.4, -0.2) is 32.1 Å². The Bertz CT molecular complexity index is 786. The van der Waals surface area contributed by atoms with Crippen molar-refractivity contribution in [3.8, 4) is 0 Å². The van der Waals surface area contributed by atoms with Crippen LogP contribution in [0.1, 0.15) is 59.0 Å². The van der Waals surface area contributed by atoms with Gasteiger partial charge in [0, 0.05) is 37.1 Å². The van der Waals surface area contributed by atoms with Gasteiger partial charge in [-0.05, 0) is 32.8 Å². The summed E-state index contributed by atoms with van der Waals surface area (Å²) in [5.74, 6) is -0.0162. The van der Waals surface area contributed by atoms with Gasteiger partial charge in [0.2, 0.25) is 5.56 Å². The van der Waals surface area contributed by atoms with Crippen molar-refractivity contribution in [2.45, 2.75) is 45.6 Å². The van der Waals surface area contributed by atoms with E-state index in [9.17, 15) is 9.59 Å². The highest BCUT2D eigenvalue weighted by molar-refractivity contribution is 5.94. The normalized spacial score (nSPS) is 18.5. The van der Waals surface area contributed by atoms with Crippen LogP contribution in [0.15, 0.2) is 23.1 Å². The number of amides is 1. The molecule has 2 aromatic rings. The van der Waals surface area contributed by atoms with Crippen molar-refractivity contribution in [2.75, 3.05) is 6.54 Å². The maximum Gasteiger partial charge on any atom is 0.255 e. The van der Waals surface area contributed by atoms with E-state index in [1.807, 2.05) is 18.7 Å². The molecule has 1 saturated heterocycles. The van der Waals surface area contributed by atoms with Crippen LogP contribution in [0.3, 0.4) is 0 Å². The third-order valence-electron chi connectivity index (χ3n) is 4.86. The van der Waals surface area contributed by atoms with Gasteiger partial charge in [0.25, 0.3) is 5.91 Å². The Morgan fingerprint density at radius 3 is 2.71 bits per heavy atom. The molecule has 1 N–H and O–H groups in total. The molecule has 1 aliphatic rings. The Morgan fingerprint density at radius 2 is 2.04 bits per heavy atom. The van der Waals surface area contributed by atoms with Crippen molar-refractivity contribution in [3.05, 3.63) is 51.2 Å². The van der Waals surface area contributed by atoms with Gasteiger partial charge in [-0.2, -0.15) is 5.10 Å². The molecule has 2 aromatic heterocycles. The average molecular weight is 328 g/mol. The smallest absolute Gasteiger partial charge is 0.255 e. The first-order valence-electron chi connectivity index (χ1n) is 8.48. The van der Waals surface area contributed by atoms with E-state index >= 15 is 0 Å². The van der Waals surface area contributed by atoms with Gasteiger partial charge in [-0.15, -0.1) is 0 Å². The number of hydrogen-bond donors (Lipinski definition) is 1. The quantitative estimate of drug-likeness (QED) is 0.920. The Hall–Kier alpha value is -2.37. The summed E-state index contributed by atoms with van der Waals surface area (Å²) >= 11 is 0. The molecule has 3 heterocycles. The molecule has 0 bridgehead atoms. The zero-order valence-electron chi connectivity index (χ0n) is 14.5. The summed E-state index contributed by atoms with van der Waals surface area (Å²) in [4.78, 5) is 26.7. The van der Waals surface area contributed by atoms with Crippen molar-refractivity contribution in [1.29, 1.82) is 0 Å². The predicted octanol–water partition coefficient (Wildman–Crippen LogP) is 2.48. The second-order valence-electron chi connectivity index (χ2n) is 6.58. The van der Waals surface area contributed by atoms with Crippen LogP contribution in [0.25, 0.3) is 0 Å². The Labute approximate surface area is 141 Å².